The molecular weight excluding hydrogens is 534 g/mol. The molecule has 0 unspecified atom stereocenters. The van der Waals surface area contributed by atoms with Crippen molar-refractivity contribution >= 4 is 28.4 Å². The lowest BCUT2D eigenvalue weighted by atomic mass is 9.78. The Bertz CT molecular complexity index is 1600. The summed E-state index contributed by atoms with van der Waals surface area (Å²) in [4.78, 5) is 34.4. The normalized spacial score (nSPS) is 20.4. The molecule has 4 aromatic rings. The average Bonchev–Trinajstić information content (AvgIpc) is 3.37. The number of benzene rings is 3. The Balaban J connectivity index is 1.32. The quantitative estimate of drug-likeness (QED) is 0.212. The largest absolute Gasteiger partial charge is 0.497 e. The topological polar surface area (TPSA) is 74.4 Å². The van der Waals surface area contributed by atoms with Crippen molar-refractivity contribution in [1.82, 2.24) is 9.88 Å². The highest BCUT2D eigenvalue weighted by atomic mass is 16.5. The Morgan fingerprint density at radius 2 is 1.60 bits per heavy atom. The Morgan fingerprint density at radius 1 is 0.930 bits per heavy atom. The number of para-hydroxylation sites is 1. The van der Waals surface area contributed by atoms with Crippen LogP contribution in [0.15, 0.2) is 78.9 Å². The van der Waals surface area contributed by atoms with E-state index in [-0.39, 0.29) is 29.1 Å². The molecule has 1 heterocycles. The van der Waals surface area contributed by atoms with E-state index in [0.717, 1.165) is 36.1 Å². The number of amides is 2. The minimum absolute atomic E-state index is 0.0190. The second-order valence-corrected chi connectivity index (χ2v) is 13.1. The van der Waals surface area contributed by atoms with E-state index in [1.165, 1.54) is 16.6 Å². The van der Waals surface area contributed by atoms with Crippen LogP contribution in [0.5, 0.6) is 5.75 Å². The van der Waals surface area contributed by atoms with E-state index in [1.807, 2.05) is 47.4 Å². The smallest absolute Gasteiger partial charge is 0.250 e. The van der Waals surface area contributed by atoms with Crippen molar-refractivity contribution in [3.63, 3.8) is 0 Å². The monoisotopic (exact) mass is 577 g/mol. The Labute approximate surface area is 254 Å². The van der Waals surface area contributed by atoms with Crippen LogP contribution in [0.1, 0.15) is 75.1 Å². The van der Waals surface area contributed by atoms with Crippen LogP contribution in [0.4, 0.5) is 5.69 Å². The Hall–Kier alpha value is -4.06. The number of rotatable bonds is 9. The van der Waals surface area contributed by atoms with Gasteiger partial charge in [-0.15, -0.1) is 0 Å². The predicted molar refractivity (Wildman–Crippen MR) is 172 cm³/mol. The van der Waals surface area contributed by atoms with E-state index in [4.69, 9.17) is 4.74 Å². The minimum Gasteiger partial charge on any atom is -0.497 e. The van der Waals surface area contributed by atoms with Gasteiger partial charge in [-0.3, -0.25) is 9.59 Å². The van der Waals surface area contributed by atoms with Crippen molar-refractivity contribution in [1.29, 1.82) is 0 Å². The molecular formula is C37H43N3O3. The van der Waals surface area contributed by atoms with Crippen LogP contribution in [0, 0.1) is 18.3 Å². The van der Waals surface area contributed by atoms with Gasteiger partial charge in [-0.2, -0.15) is 0 Å². The lowest BCUT2D eigenvalue weighted by Crippen LogP contribution is -2.59. The van der Waals surface area contributed by atoms with Gasteiger partial charge in [-0.25, -0.2) is 0 Å². The highest BCUT2D eigenvalue weighted by molar-refractivity contribution is 6.01. The minimum atomic E-state index is -0.906. The van der Waals surface area contributed by atoms with Gasteiger partial charge in [0.15, 0.2) is 0 Å². The fourth-order valence-electron chi connectivity index (χ4n) is 7.62. The molecule has 2 saturated carbocycles. The number of anilines is 1. The molecule has 0 spiro atoms. The maximum Gasteiger partial charge on any atom is 0.250 e. The molecule has 2 N–H and O–H groups in total. The van der Waals surface area contributed by atoms with Crippen molar-refractivity contribution in [3.8, 4) is 5.75 Å². The van der Waals surface area contributed by atoms with Crippen molar-refractivity contribution in [2.75, 3.05) is 12.4 Å². The Morgan fingerprint density at radius 3 is 2.30 bits per heavy atom. The van der Waals surface area contributed by atoms with Gasteiger partial charge in [0.05, 0.1) is 7.11 Å². The number of aromatic nitrogens is 1. The number of fused-ring (bicyclic) bond motifs is 1. The van der Waals surface area contributed by atoms with Crippen LogP contribution in [-0.4, -0.2) is 34.3 Å². The molecule has 2 atom stereocenters. The summed E-state index contributed by atoms with van der Waals surface area (Å²) in [6.07, 6.45) is 4.64. The predicted octanol–water partition coefficient (Wildman–Crippen LogP) is 7.99. The van der Waals surface area contributed by atoms with Gasteiger partial charge >= 0.3 is 0 Å². The third-order valence-corrected chi connectivity index (χ3v) is 10.2. The van der Waals surface area contributed by atoms with Crippen molar-refractivity contribution in [3.05, 3.63) is 95.7 Å². The highest BCUT2D eigenvalue weighted by Crippen LogP contribution is 2.67. The molecule has 6 rings (SSSR count). The second-order valence-electron chi connectivity index (χ2n) is 13.1. The summed E-state index contributed by atoms with van der Waals surface area (Å²) in [6.45, 7) is 7.13. The van der Waals surface area contributed by atoms with E-state index in [2.05, 4.69) is 67.5 Å². The van der Waals surface area contributed by atoms with Gasteiger partial charge < -0.3 is 19.9 Å². The number of nitrogens with one attached hydrogen (secondary N) is 2. The molecule has 2 amide bonds. The zero-order valence-corrected chi connectivity index (χ0v) is 25.8. The Kier molecular flexibility index (Phi) is 7.80. The molecule has 0 radical (unpaired) electrons. The SMILES string of the molecule is COc1ccc(NC(=O)C2(N(Cc3ccccc3)C(=O)C[C@@H]3[C@@H](c4c(C)[nH]c5ccccc45)C3(C)C)CCCCC2)cc1. The molecule has 1 aromatic heterocycles. The van der Waals surface area contributed by atoms with Gasteiger partial charge in [0, 0.05) is 35.2 Å². The fraction of sp³-hybridized carbons (Fsp3) is 0.405. The zero-order valence-electron chi connectivity index (χ0n) is 25.8. The molecule has 2 aliphatic rings. The first-order valence-corrected chi connectivity index (χ1v) is 15.6. The summed E-state index contributed by atoms with van der Waals surface area (Å²) in [6, 6.07) is 26.0. The van der Waals surface area contributed by atoms with Crippen LogP contribution in [0.3, 0.4) is 0 Å². The lowest BCUT2D eigenvalue weighted by Gasteiger charge is -2.45. The van der Waals surface area contributed by atoms with E-state index in [9.17, 15) is 9.59 Å². The van der Waals surface area contributed by atoms with E-state index in [0.29, 0.717) is 31.5 Å². The average molecular weight is 578 g/mol. The number of H-pyrrole nitrogens is 1. The van der Waals surface area contributed by atoms with E-state index < -0.39 is 5.54 Å². The number of nitrogens with zero attached hydrogens (tertiary/aromatic N) is 1. The van der Waals surface area contributed by atoms with Crippen LogP contribution < -0.4 is 10.1 Å². The number of carbonyl (C=O) groups is 2. The molecule has 6 nitrogen and oxygen atoms in total. The summed E-state index contributed by atoms with van der Waals surface area (Å²) >= 11 is 0. The molecule has 3 aromatic carbocycles. The first kappa shape index (κ1) is 29.0. The summed E-state index contributed by atoms with van der Waals surface area (Å²) in [5.41, 5.74) is 4.48. The summed E-state index contributed by atoms with van der Waals surface area (Å²) in [5.74, 6) is 1.18. The second kappa shape index (κ2) is 11.6. The van der Waals surface area contributed by atoms with Crippen molar-refractivity contribution in [2.24, 2.45) is 11.3 Å². The molecule has 2 fully saturated rings. The van der Waals surface area contributed by atoms with Crippen LogP contribution in [0.2, 0.25) is 0 Å². The van der Waals surface area contributed by atoms with E-state index in [1.54, 1.807) is 7.11 Å². The number of ether oxygens (including phenoxy) is 1. The summed E-state index contributed by atoms with van der Waals surface area (Å²) in [7, 11) is 1.63. The van der Waals surface area contributed by atoms with Gasteiger partial charge in [0.2, 0.25) is 11.8 Å². The number of hydrogen-bond acceptors (Lipinski definition) is 3. The number of carbonyl (C=O) groups excluding carboxylic acids is 2. The summed E-state index contributed by atoms with van der Waals surface area (Å²) in [5, 5.41) is 4.42. The molecule has 0 bridgehead atoms. The third kappa shape index (κ3) is 5.44. The zero-order chi connectivity index (χ0) is 30.2. The van der Waals surface area contributed by atoms with Crippen molar-refractivity contribution in [2.45, 2.75) is 77.3 Å². The van der Waals surface area contributed by atoms with Crippen LogP contribution >= 0.6 is 0 Å². The first-order valence-electron chi connectivity index (χ1n) is 15.6. The highest BCUT2D eigenvalue weighted by Gasteiger charge is 2.60. The first-order chi connectivity index (χ1) is 20.7. The third-order valence-electron chi connectivity index (χ3n) is 10.2. The number of hydrogen-bond donors (Lipinski definition) is 2. The summed E-state index contributed by atoms with van der Waals surface area (Å²) < 4.78 is 5.30. The maximum atomic E-state index is 14.6. The van der Waals surface area contributed by atoms with Crippen LogP contribution in [-0.2, 0) is 16.1 Å². The van der Waals surface area contributed by atoms with E-state index >= 15 is 0 Å². The molecule has 224 valence electrons. The van der Waals surface area contributed by atoms with Gasteiger partial charge in [0.25, 0.3) is 0 Å². The van der Waals surface area contributed by atoms with Crippen LogP contribution in [0.25, 0.3) is 10.9 Å². The van der Waals surface area contributed by atoms with Crippen molar-refractivity contribution < 1.29 is 14.3 Å². The lowest BCUT2D eigenvalue weighted by molar-refractivity contribution is -0.149. The molecule has 6 heteroatoms. The number of methoxy groups -OCH3 is 1. The molecule has 0 saturated heterocycles. The van der Waals surface area contributed by atoms with Gasteiger partial charge in [-0.05, 0) is 78.5 Å². The molecule has 0 aliphatic heterocycles. The fourth-order valence-corrected chi connectivity index (χ4v) is 7.62. The maximum absolute atomic E-state index is 14.6. The molecule has 43 heavy (non-hydrogen) atoms. The number of aryl methyl sites for hydroxylation is 1. The molecule has 2 aliphatic carbocycles. The van der Waals surface area contributed by atoms with Gasteiger partial charge in [-0.1, -0.05) is 81.6 Å². The number of aromatic amines is 1. The standard InChI is InChI=1S/C37H43N3O3/c1-25-33(29-15-9-10-16-31(29)38-25)34-30(36(34,2)3)23-32(41)40(24-26-13-7-5-8-14-26)37(21-11-6-12-22-37)35(42)39-27-17-19-28(43-4)20-18-27/h5,7-10,13-20,30,34,38H,6,11-12,21-24H2,1-4H3,(H,39,42)/t30-,34+/m1/s1. The van der Waals surface area contributed by atoms with Gasteiger partial charge in [0.1, 0.15) is 11.3 Å².